The van der Waals surface area contributed by atoms with Gasteiger partial charge in [-0.25, -0.2) is 14.6 Å². The van der Waals surface area contributed by atoms with E-state index in [1.54, 1.807) is 9.80 Å². The number of hydrogen-bond donors (Lipinski definition) is 5. The summed E-state index contributed by atoms with van der Waals surface area (Å²) in [6, 6.07) is 21.3. The molecule has 0 spiro atoms. The highest BCUT2D eigenvalue weighted by molar-refractivity contribution is 5.98. The zero-order valence-corrected chi connectivity index (χ0v) is 33.7. The summed E-state index contributed by atoms with van der Waals surface area (Å²) in [7, 11) is 1.25. The Morgan fingerprint density at radius 3 is 2.12 bits per heavy atom. The zero-order chi connectivity index (χ0) is 41.5. The Morgan fingerprint density at radius 1 is 0.828 bits per heavy atom. The molecule has 15 nitrogen and oxygen atoms in total. The summed E-state index contributed by atoms with van der Waals surface area (Å²) >= 11 is 0. The molecule has 1 aromatic heterocycles. The SMILES string of the molecule is COC(=O)N[C@H](C(=O)N1CCC[C@H]1C(=O)Nc1ccc(CN(Cc2ccc3nc([C@@H]4CCCN4C(=O)[C@@H](NC(=O)O)C(C)C)[nH]c3c2)c2ccccc2)cc1)C(C)C. The zero-order valence-electron chi connectivity index (χ0n) is 33.7. The number of methoxy groups -OCH3 is 1. The molecule has 2 aliphatic heterocycles. The van der Waals surface area contributed by atoms with E-state index < -0.39 is 30.3 Å². The van der Waals surface area contributed by atoms with Gasteiger partial charge in [0.2, 0.25) is 17.7 Å². The molecule has 0 saturated carbocycles. The first-order valence-electron chi connectivity index (χ1n) is 20.0. The Kier molecular flexibility index (Phi) is 13.2. The maximum atomic E-state index is 13.5. The lowest BCUT2D eigenvalue weighted by atomic mass is 10.0. The number of aromatic nitrogens is 2. The summed E-state index contributed by atoms with van der Waals surface area (Å²) in [6.45, 7) is 9.46. The normalized spacial score (nSPS) is 17.6. The number of fused-ring (bicyclic) bond motifs is 1. The molecule has 2 aliphatic rings. The number of imidazole rings is 1. The molecule has 0 radical (unpaired) electrons. The number of alkyl carbamates (subject to hydrolysis) is 1. The summed E-state index contributed by atoms with van der Waals surface area (Å²) in [5, 5.41) is 17.4. The van der Waals surface area contributed by atoms with E-state index in [0.29, 0.717) is 50.5 Å². The molecule has 58 heavy (non-hydrogen) atoms. The van der Waals surface area contributed by atoms with E-state index in [2.05, 4.69) is 50.1 Å². The second kappa shape index (κ2) is 18.4. The Balaban J connectivity index is 1.13. The maximum Gasteiger partial charge on any atom is 0.407 e. The highest BCUT2D eigenvalue weighted by Crippen LogP contribution is 2.33. The van der Waals surface area contributed by atoms with Crippen LogP contribution in [0.25, 0.3) is 11.0 Å². The van der Waals surface area contributed by atoms with E-state index >= 15 is 0 Å². The standard InChI is InChI=1S/C43H54N8O7/c1-26(2)36(47-42(55)56)40(53)50-21-9-13-34(50)38-45-32-20-17-29(23-33(32)46-38)25-49(31-11-7-6-8-12-31)24-28-15-18-30(19-16-28)44-39(52)35-14-10-22-51(35)41(54)37(27(3)4)48-43(57)58-5/h6-8,11-12,15-20,23,26-27,34-37,47H,9-10,13-14,21-22,24-25H2,1-5H3,(H,44,52)(H,45,46)(H,48,57)(H,55,56)/t34-,35-,36-,37-/m0/s1. The smallest absolute Gasteiger partial charge is 0.407 e. The van der Waals surface area contributed by atoms with Crippen LogP contribution in [0.4, 0.5) is 21.0 Å². The number of carboxylic acid groups (broad SMARTS) is 1. The Bertz CT molecular complexity index is 2090. The number of likely N-dealkylation sites (tertiary alicyclic amines) is 2. The number of nitrogens with one attached hydrogen (secondary N) is 4. The third-order valence-corrected chi connectivity index (χ3v) is 10.9. The Hall–Kier alpha value is -6.12. The van der Waals surface area contributed by atoms with Crippen LogP contribution in [-0.4, -0.2) is 93.1 Å². The van der Waals surface area contributed by atoms with E-state index in [0.717, 1.165) is 40.7 Å². The molecular weight excluding hydrogens is 741 g/mol. The van der Waals surface area contributed by atoms with Gasteiger partial charge in [0.15, 0.2) is 0 Å². The van der Waals surface area contributed by atoms with Gasteiger partial charge in [0.25, 0.3) is 0 Å². The number of rotatable bonds is 14. The topological polar surface area (TPSA) is 189 Å². The molecule has 4 atom stereocenters. The first-order valence-corrected chi connectivity index (χ1v) is 20.0. The summed E-state index contributed by atoms with van der Waals surface area (Å²) in [5.74, 6) is -0.532. The van der Waals surface area contributed by atoms with Crippen LogP contribution in [0.1, 0.15) is 76.4 Å². The molecule has 5 amide bonds. The number of aromatic amines is 1. The molecule has 3 heterocycles. The highest BCUT2D eigenvalue weighted by Gasteiger charge is 2.39. The van der Waals surface area contributed by atoms with Crippen molar-refractivity contribution < 1.29 is 33.8 Å². The lowest BCUT2D eigenvalue weighted by molar-refractivity contribution is -0.139. The van der Waals surface area contributed by atoms with E-state index in [1.807, 2.05) is 76.2 Å². The van der Waals surface area contributed by atoms with Crippen LogP contribution in [0, 0.1) is 11.8 Å². The third kappa shape index (κ3) is 9.69. The van der Waals surface area contributed by atoms with Crippen LogP contribution in [0.2, 0.25) is 0 Å². The fraction of sp³-hybridized carbons (Fsp3) is 0.442. The van der Waals surface area contributed by atoms with Gasteiger partial charge in [-0.2, -0.15) is 0 Å². The molecule has 15 heteroatoms. The van der Waals surface area contributed by atoms with Crippen molar-refractivity contribution in [1.29, 1.82) is 0 Å². The fourth-order valence-corrected chi connectivity index (χ4v) is 7.89. The Labute approximate surface area is 338 Å². The number of carbonyl (C=O) groups is 5. The van der Waals surface area contributed by atoms with Crippen molar-refractivity contribution in [3.05, 3.63) is 89.7 Å². The van der Waals surface area contributed by atoms with Gasteiger partial charge in [-0.15, -0.1) is 0 Å². The fourth-order valence-electron chi connectivity index (χ4n) is 7.89. The number of hydrogen-bond acceptors (Lipinski definition) is 8. The molecule has 2 fully saturated rings. The summed E-state index contributed by atoms with van der Waals surface area (Å²) in [4.78, 5) is 77.7. The quantitative estimate of drug-likeness (QED) is 0.101. The second-order valence-corrected chi connectivity index (χ2v) is 15.8. The number of H-pyrrole nitrogens is 1. The van der Waals surface area contributed by atoms with Crippen molar-refractivity contribution in [2.24, 2.45) is 11.8 Å². The van der Waals surface area contributed by atoms with Gasteiger partial charge in [-0.1, -0.05) is 64.1 Å². The molecule has 0 bridgehead atoms. The number of carbonyl (C=O) groups excluding carboxylic acids is 4. The minimum Gasteiger partial charge on any atom is -0.465 e. The van der Waals surface area contributed by atoms with Gasteiger partial charge >= 0.3 is 12.2 Å². The third-order valence-electron chi connectivity index (χ3n) is 10.9. The first kappa shape index (κ1) is 41.5. The second-order valence-electron chi connectivity index (χ2n) is 15.8. The van der Waals surface area contributed by atoms with Crippen LogP contribution in [0.3, 0.4) is 0 Å². The van der Waals surface area contributed by atoms with Crippen molar-refractivity contribution in [2.45, 2.75) is 90.6 Å². The highest BCUT2D eigenvalue weighted by atomic mass is 16.5. The lowest BCUT2D eigenvalue weighted by Gasteiger charge is -2.30. The molecule has 3 aromatic carbocycles. The van der Waals surface area contributed by atoms with Crippen molar-refractivity contribution in [2.75, 3.05) is 30.4 Å². The van der Waals surface area contributed by atoms with Crippen LogP contribution >= 0.6 is 0 Å². The van der Waals surface area contributed by atoms with Crippen molar-refractivity contribution in [3.8, 4) is 0 Å². The van der Waals surface area contributed by atoms with Gasteiger partial charge in [-0.05, 0) is 85.0 Å². The minimum absolute atomic E-state index is 0.193. The number of anilines is 2. The predicted octanol–water partition coefficient (Wildman–Crippen LogP) is 6.04. The molecule has 4 aromatic rings. The molecule has 2 saturated heterocycles. The van der Waals surface area contributed by atoms with Gasteiger partial charge < -0.3 is 45.5 Å². The van der Waals surface area contributed by atoms with E-state index in [4.69, 9.17) is 9.72 Å². The van der Waals surface area contributed by atoms with Crippen LogP contribution in [0.5, 0.6) is 0 Å². The lowest BCUT2D eigenvalue weighted by Crippen LogP contribution is -2.54. The number of amides is 5. The maximum absolute atomic E-state index is 13.5. The first-order chi connectivity index (χ1) is 27.8. The van der Waals surface area contributed by atoms with E-state index in [1.165, 1.54) is 7.11 Å². The molecule has 0 unspecified atom stereocenters. The summed E-state index contributed by atoms with van der Waals surface area (Å²) in [5.41, 5.74) is 5.37. The van der Waals surface area contributed by atoms with Crippen LogP contribution < -0.4 is 20.9 Å². The van der Waals surface area contributed by atoms with Gasteiger partial charge in [0.1, 0.15) is 23.9 Å². The van der Waals surface area contributed by atoms with E-state index in [-0.39, 0.29) is 35.6 Å². The Morgan fingerprint density at radius 2 is 1.45 bits per heavy atom. The largest absolute Gasteiger partial charge is 0.465 e. The summed E-state index contributed by atoms with van der Waals surface area (Å²) < 4.78 is 4.71. The number of benzene rings is 3. The number of para-hydroxylation sites is 1. The molecule has 6 rings (SSSR count). The number of ether oxygens (including phenoxy) is 1. The molecule has 308 valence electrons. The van der Waals surface area contributed by atoms with Crippen LogP contribution in [0.15, 0.2) is 72.8 Å². The average Bonchev–Trinajstić information content (AvgIpc) is 3.99. The van der Waals surface area contributed by atoms with Gasteiger partial charge in [0.05, 0.1) is 24.2 Å². The summed E-state index contributed by atoms with van der Waals surface area (Å²) in [6.07, 6.45) is 0.826. The van der Waals surface area contributed by atoms with E-state index in [9.17, 15) is 29.1 Å². The van der Waals surface area contributed by atoms with Crippen molar-refractivity contribution in [3.63, 3.8) is 0 Å². The monoisotopic (exact) mass is 794 g/mol. The van der Waals surface area contributed by atoms with Gasteiger partial charge in [-0.3, -0.25) is 14.4 Å². The molecule has 0 aliphatic carbocycles. The average molecular weight is 795 g/mol. The van der Waals surface area contributed by atoms with Crippen LogP contribution in [-0.2, 0) is 32.2 Å². The van der Waals surface area contributed by atoms with Gasteiger partial charge in [0, 0.05) is 37.6 Å². The predicted molar refractivity (Wildman–Crippen MR) is 220 cm³/mol. The van der Waals surface area contributed by atoms with Crippen molar-refractivity contribution in [1.82, 2.24) is 30.4 Å². The molecular formula is C43H54N8O7. The number of nitrogens with zero attached hydrogens (tertiary/aromatic N) is 4. The molecule has 5 N–H and O–H groups in total. The van der Waals surface area contributed by atoms with Crippen molar-refractivity contribution >= 4 is 52.3 Å². The minimum atomic E-state index is -1.22.